The van der Waals surface area contributed by atoms with Crippen LogP contribution in [-0.4, -0.2) is 42.8 Å². The van der Waals surface area contributed by atoms with E-state index in [1.54, 1.807) is 10.9 Å². The monoisotopic (exact) mass is 370 g/mol. The van der Waals surface area contributed by atoms with E-state index in [9.17, 15) is 9.59 Å². The van der Waals surface area contributed by atoms with E-state index in [2.05, 4.69) is 15.5 Å². The molecule has 2 amide bonds. The molecule has 2 aromatic heterocycles. The lowest BCUT2D eigenvalue weighted by atomic mass is 9.84. The van der Waals surface area contributed by atoms with Crippen LogP contribution in [0.25, 0.3) is 0 Å². The van der Waals surface area contributed by atoms with Crippen LogP contribution < -0.4 is 5.32 Å². The van der Waals surface area contributed by atoms with Gasteiger partial charge in [0.2, 0.25) is 5.91 Å². The van der Waals surface area contributed by atoms with Crippen molar-refractivity contribution in [3.05, 3.63) is 34.9 Å². The Bertz CT molecular complexity index is 864. The fraction of sp³-hybridized carbons (Fsp3) is 0.579. The van der Waals surface area contributed by atoms with Gasteiger partial charge in [-0.1, -0.05) is 6.42 Å². The van der Waals surface area contributed by atoms with Gasteiger partial charge in [-0.05, 0) is 32.8 Å². The van der Waals surface area contributed by atoms with Crippen LogP contribution in [0, 0.1) is 12.8 Å². The third kappa shape index (κ3) is 3.48. The molecule has 0 saturated heterocycles. The van der Waals surface area contributed by atoms with Crippen molar-refractivity contribution in [1.29, 1.82) is 0 Å². The highest BCUT2D eigenvalue weighted by Gasteiger charge is 2.31. The maximum absolute atomic E-state index is 12.5. The summed E-state index contributed by atoms with van der Waals surface area (Å²) < 4.78 is 3.71. The van der Waals surface area contributed by atoms with Gasteiger partial charge in [0.1, 0.15) is 0 Å². The molecule has 27 heavy (non-hydrogen) atoms. The zero-order valence-corrected chi connectivity index (χ0v) is 15.9. The normalized spacial score (nSPS) is 16.7. The summed E-state index contributed by atoms with van der Waals surface area (Å²) in [4.78, 5) is 26.8. The van der Waals surface area contributed by atoms with Crippen molar-refractivity contribution in [1.82, 2.24) is 29.8 Å². The van der Waals surface area contributed by atoms with Gasteiger partial charge in [0.05, 0.1) is 42.3 Å². The van der Waals surface area contributed by atoms with Crippen LogP contribution in [0.5, 0.6) is 0 Å². The number of carbonyl (C=O) groups excluding carboxylic acids is 2. The van der Waals surface area contributed by atoms with Gasteiger partial charge in [-0.25, -0.2) is 0 Å². The molecule has 1 aliphatic carbocycles. The van der Waals surface area contributed by atoms with E-state index in [1.165, 1.54) is 6.42 Å². The van der Waals surface area contributed by atoms with Crippen molar-refractivity contribution in [3.63, 3.8) is 0 Å². The standard InChI is InChI=1S/C19H26N6O2/c1-3-24-12-17(13(2)21-24)18(26)20-10-15-9-16-11-23(7-8-25(16)22-15)19(27)14-5-4-6-14/h9,12,14H,3-8,10-11H2,1-2H3,(H,20,26). The molecule has 4 rings (SSSR count). The highest BCUT2D eigenvalue weighted by Crippen LogP contribution is 2.29. The fourth-order valence-corrected chi connectivity index (χ4v) is 3.68. The maximum Gasteiger partial charge on any atom is 0.255 e. The molecule has 1 N–H and O–H groups in total. The second kappa shape index (κ2) is 7.17. The quantitative estimate of drug-likeness (QED) is 0.864. The summed E-state index contributed by atoms with van der Waals surface area (Å²) in [5.41, 5.74) is 3.17. The minimum atomic E-state index is -0.139. The van der Waals surface area contributed by atoms with Crippen LogP contribution in [0.15, 0.2) is 12.3 Å². The molecule has 144 valence electrons. The van der Waals surface area contributed by atoms with Gasteiger partial charge < -0.3 is 10.2 Å². The lowest BCUT2D eigenvalue weighted by molar-refractivity contribution is -0.139. The third-order valence-electron chi connectivity index (χ3n) is 5.56. The summed E-state index contributed by atoms with van der Waals surface area (Å²) in [6.45, 7) is 6.96. The Balaban J connectivity index is 1.37. The molecule has 3 heterocycles. The summed E-state index contributed by atoms with van der Waals surface area (Å²) >= 11 is 0. The van der Waals surface area contributed by atoms with Gasteiger partial charge in [0.25, 0.3) is 5.91 Å². The van der Waals surface area contributed by atoms with E-state index in [1.807, 2.05) is 29.5 Å². The first kappa shape index (κ1) is 17.8. The average Bonchev–Trinajstić information content (AvgIpc) is 3.20. The smallest absolute Gasteiger partial charge is 0.255 e. The Morgan fingerprint density at radius 3 is 2.74 bits per heavy atom. The minimum Gasteiger partial charge on any atom is -0.346 e. The van der Waals surface area contributed by atoms with E-state index in [0.29, 0.717) is 31.7 Å². The number of aromatic nitrogens is 4. The molecule has 0 unspecified atom stereocenters. The van der Waals surface area contributed by atoms with Crippen molar-refractivity contribution in [2.45, 2.75) is 59.3 Å². The number of hydrogen-bond acceptors (Lipinski definition) is 4. The minimum absolute atomic E-state index is 0.139. The highest BCUT2D eigenvalue weighted by molar-refractivity contribution is 5.94. The number of fused-ring (bicyclic) bond motifs is 1. The van der Waals surface area contributed by atoms with Crippen molar-refractivity contribution in [3.8, 4) is 0 Å². The largest absolute Gasteiger partial charge is 0.346 e. The Morgan fingerprint density at radius 1 is 1.26 bits per heavy atom. The molecule has 2 aromatic rings. The first-order chi connectivity index (χ1) is 13.0. The molecule has 1 fully saturated rings. The first-order valence-electron chi connectivity index (χ1n) is 9.71. The lowest BCUT2D eigenvalue weighted by Crippen LogP contribution is -2.43. The number of amides is 2. The van der Waals surface area contributed by atoms with E-state index in [0.717, 1.165) is 36.5 Å². The first-order valence-corrected chi connectivity index (χ1v) is 9.71. The molecule has 0 atom stereocenters. The zero-order valence-electron chi connectivity index (χ0n) is 15.9. The molecular formula is C19H26N6O2. The molecule has 2 aliphatic rings. The van der Waals surface area contributed by atoms with Crippen molar-refractivity contribution < 1.29 is 9.59 Å². The number of aryl methyl sites for hydroxylation is 2. The van der Waals surface area contributed by atoms with Crippen molar-refractivity contribution in [2.24, 2.45) is 5.92 Å². The Labute approximate surface area is 158 Å². The molecule has 8 heteroatoms. The van der Waals surface area contributed by atoms with Crippen molar-refractivity contribution >= 4 is 11.8 Å². The molecular weight excluding hydrogens is 344 g/mol. The second-order valence-corrected chi connectivity index (χ2v) is 7.40. The average molecular weight is 370 g/mol. The summed E-state index contributed by atoms with van der Waals surface area (Å²) in [6, 6.07) is 1.99. The molecule has 0 radical (unpaired) electrons. The molecule has 0 spiro atoms. The summed E-state index contributed by atoms with van der Waals surface area (Å²) in [5, 5.41) is 11.8. The Hall–Kier alpha value is -2.64. The number of nitrogens with zero attached hydrogens (tertiary/aromatic N) is 5. The van der Waals surface area contributed by atoms with Crippen LogP contribution in [0.4, 0.5) is 0 Å². The summed E-state index contributed by atoms with van der Waals surface area (Å²) in [5.74, 6) is 0.373. The Morgan fingerprint density at radius 2 is 2.07 bits per heavy atom. The third-order valence-corrected chi connectivity index (χ3v) is 5.56. The van der Waals surface area contributed by atoms with Gasteiger partial charge >= 0.3 is 0 Å². The van der Waals surface area contributed by atoms with Crippen LogP contribution in [0.3, 0.4) is 0 Å². The van der Waals surface area contributed by atoms with Crippen molar-refractivity contribution in [2.75, 3.05) is 6.54 Å². The Kier molecular flexibility index (Phi) is 4.72. The number of nitrogens with one attached hydrogen (secondary N) is 1. The predicted octanol–water partition coefficient (Wildman–Crippen LogP) is 1.48. The second-order valence-electron chi connectivity index (χ2n) is 7.40. The van der Waals surface area contributed by atoms with Gasteiger partial charge in [-0.15, -0.1) is 0 Å². The maximum atomic E-state index is 12.5. The van der Waals surface area contributed by atoms with E-state index in [-0.39, 0.29) is 17.7 Å². The van der Waals surface area contributed by atoms with E-state index in [4.69, 9.17) is 0 Å². The molecule has 0 bridgehead atoms. The number of rotatable bonds is 5. The van der Waals surface area contributed by atoms with Crippen LogP contribution in [0.2, 0.25) is 0 Å². The highest BCUT2D eigenvalue weighted by atomic mass is 16.2. The van der Waals surface area contributed by atoms with Gasteiger partial charge in [0.15, 0.2) is 0 Å². The SMILES string of the molecule is CCn1cc(C(=O)NCc2cc3n(n2)CCN(C(=O)C2CCC2)C3)c(C)n1. The van der Waals surface area contributed by atoms with Crippen LogP contribution in [0.1, 0.15) is 53.6 Å². The topological polar surface area (TPSA) is 85.0 Å². The van der Waals surface area contributed by atoms with Gasteiger partial charge in [0, 0.05) is 25.2 Å². The summed E-state index contributed by atoms with van der Waals surface area (Å²) in [7, 11) is 0. The number of carbonyl (C=O) groups is 2. The van der Waals surface area contributed by atoms with E-state index >= 15 is 0 Å². The lowest BCUT2D eigenvalue weighted by Gasteiger charge is -2.34. The number of hydrogen-bond donors (Lipinski definition) is 1. The van der Waals surface area contributed by atoms with Crippen LogP contribution in [-0.2, 0) is 31.0 Å². The molecule has 1 saturated carbocycles. The van der Waals surface area contributed by atoms with Crippen LogP contribution >= 0.6 is 0 Å². The van der Waals surface area contributed by atoms with E-state index < -0.39 is 0 Å². The summed E-state index contributed by atoms with van der Waals surface area (Å²) in [6.07, 6.45) is 5.00. The fourth-order valence-electron chi connectivity index (χ4n) is 3.68. The zero-order chi connectivity index (χ0) is 19.0. The predicted molar refractivity (Wildman–Crippen MR) is 98.8 cm³/mol. The molecule has 8 nitrogen and oxygen atoms in total. The van der Waals surface area contributed by atoms with Gasteiger partial charge in [-0.2, -0.15) is 10.2 Å². The van der Waals surface area contributed by atoms with Gasteiger partial charge in [-0.3, -0.25) is 19.0 Å². The molecule has 1 aliphatic heterocycles. The molecule has 0 aromatic carbocycles.